The molecule has 2 aromatic carbocycles. The number of nitriles is 1. The number of benzene rings is 2. The number of carbonyl (C=O) groups is 2. The van der Waals surface area contributed by atoms with Crippen LogP contribution in [0.4, 0.5) is 11.4 Å². The van der Waals surface area contributed by atoms with Crippen LogP contribution in [-0.4, -0.2) is 17.8 Å². The molecule has 0 spiro atoms. The van der Waals surface area contributed by atoms with Gasteiger partial charge in [0.15, 0.2) is 5.69 Å². The second kappa shape index (κ2) is 11.5. The third-order valence-corrected chi connectivity index (χ3v) is 5.59. The highest BCUT2D eigenvalue weighted by atomic mass is 16.5. The first kappa shape index (κ1) is 24.3. The van der Waals surface area contributed by atoms with E-state index in [0.29, 0.717) is 47.0 Å². The van der Waals surface area contributed by atoms with Crippen LogP contribution in [-0.2, 0) is 14.3 Å². The first-order valence-electron chi connectivity index (χ1n) is 11.5. The lowest BCUT2D eigenvalue weighted by atomic mass is 9.94. The van der Waals surface area contributed by atoms with Crippen LogP contribution < -0.4 is 10.1 Å². The van der Waals surface area contributed by atoms with E-state index in [9.17, 15) is 9.59 Å². The Balaban J connectivity index is 1.30. The molecular weight excluding hydrogens is 454 g/mol. The fourth-order valence-electron chi connectivity index (χ4n) is 3.78. The molecule has 4 rings (SSSR count). The van der Waals surface area contributed by atoms with Gasteiger partial charge >= 0.3 is 0 Å². The topological polar surface area (TPSA) is 92.8 Å². The molecule has 0 saturated heterocycles. The molecule has 0 aromatic heterocycles. The van der Waals surface area contributed by atoms with Crippen LogP contribution in [0.5, 0.6) is 11.5 Å². The molecule has 2 aliphatic carbocycles. The van der Waals surface area contributed by atoms with Gasteiger partial charge in [-0.25, -0.2) is 4.85 Å². The largest absolute Gasteiger partial charge is 0.486 e. The van der Waals surface area contributed by atoms with E-state index in [1.807, 2.05) is 30.4 Å². The Morgan fingerprint density at radius 2 is 1.94 bits per heavy atom. The maximum atomic E-state index is 12.6. The van der Waals surface area contributed by atoms with Crippen molar-refractivity contribution >= 4 is 23.1 Å². The van der Waals surface area contributed by atoms with E-state index in [2.05, 4.69) is 16.2 Å². The molecule has 36 heavy (non-hydrogen) atoms. The zero-order valence-electron chi connectivity index (χ0n) is 19.4. The predicted molar refractivity (Wildman–Crippen MR) is 135 cm³/mol. The smallest absolute Gasteiger partial charge is 0.291 e. The number of hydrogen-bond acceptors (Lipinski definition) is 5. The second-order valence-corrected chi connectivity index (χ2v) is 8.31. The van der Waals surface area contributed by atoms with Crippen LogP contribution in [0, 0.1) is 23.8 Å². The summed E-state index contributed by atoms with van der Waals surface area (Å²) in [5.41, 5.74) is 1.58. The highest BCUT2D eigenvalue weighted by molar-refractivity contribution is 6.40. The van der Waals surface area contributed by atoms with E-state index >= 15 is 0 Å². The summed E-state index contributed by atoms with van der Waals surface area (Å²) in [6.07, 6.45) is 12.2. The standard InChI is InChI=1S/C29H23N3O4/c1-31-22-10-14-25(15-11-22)36-27-7-3-5-23(18-27)32-29(34)28(33)17-21-4-2-6-26(16-21)35-24-12-8-20(19-30)9-13-24/h2-3,5-12,14-16,18,21,24H,4,13,17H2,(H,32,34). The van der Waals surface area contributed by atoms with Crippen LogP contribution in [0.2, 0.25) is 0 Å². The summed E-state index contributed by atoms with van der Waals surface area (Å²) in [5.74, 6) is 0.342. The number of ketones is 1. The van der Waals surface area contributed by atoms with Crippen molar-refractivity contribution in [3.05, 3.63) is 108 Å². The maximum absolute atomic E-state index is 12.6. The number of rotatable bonds is 8. The number of hydrogen-bond donors (Lipinski definition) is 1. The van der Waals surface area contributed by atoms with Crippen LogP contribution in [0.3, 0.4) is 0 Å². The molecule has 0 radical (unpaired) electrons. The molecule has 2 unspecified atom stereocenters. The lowest BCUT2D eigenvalue weighted by Gasteiger charge is -2.21. The van der Waals surface area contributed by atoms with Gasteiger partial charge in [0.25, 0.3) is 5.91 Å². The fourth-order valence-corrected chi connectivity index (χ4v) is 3.78. The zero-order valence-corrected chi connectivity index (χ0v) is 19.4. The van der Waals surface area contributed by atoms with E-state index in [-0.39, 0.29) is 18.4 Å². The van der Waals surface area contributed by atoms with Crippen LogP contribution in [0.25, 0.3) is 4.85 Å². The van der Waals surface area contributed by atoms with Gasteiger partial charge in [0, 0.05) is 30.2 Å². The van der Waals surface area contributed by atoms with Crippen LogP contribution >= 0.6 is 0 Å². The van der Waals surface area contributed by atoms with Gasteiger partial charge < -0.3 is 14.8 Å². The number of carbonyl (C=O) groups excluding carboxylic acids is 2. The molecule has 0 bridgehead atoms. The van der Waals surface area contributed by atoms with Gasteiger partial charge in [-0.3, -0.25) is 9.59 Å². The van der Waals surface area contributed by atoms with Crippen molar-refractivity contribution in [3.8, 4) is 17.6 Å². The zero-order chi connectivity index (χ0) is 25.3. The molecular formula is C29H23N3O4. The van der Waals surface area contributed by atoms with Crippen LogP contribution in [0.15, 0.2) is 96.3 Å². The Kier molecular flexibility index (Phi) is 7.75. The number of ether oxygens (including phenoxy) is 2. The van der Waals surface area contributed by atoms with Gasteiger partial charge in [-0.15, -0.1) is 0 Å². The summed E-state index contributed by atoms with van der Waals surface area (Å²) < 4.78 is 11.7. The van der Waals surface area contributed by atoms with Crippen molar-refractivity contribution in [1.29, 1.82) is 5.26 Å². The monoisotopic (exact) mass is 477 g/mol. The number of anilines is 1. The van der Waals surface area contributed by atoms with Gasteiger partial charge in [0.1, 0.15) is 23.4 Å². The molecule has 7 heteroatoms. The van der Waals surface area contributed by atoms with Gasteiger partial charge in [0.2, 0.25) is 5.78 Å². The molecule has 0 fully saturated rings. The van der Waals surface area contributed by atoms with E-state index in [1.54, 1.807) is 54.6 Å². The number of Topliss-reactive ketones (excluding diaryl/α,β-unsaturated/α-hetero) is 1. The van der Waals surface area contributed by atoms with Crippen molar-refractivity contribution in [2.75, 3.05) is 5.32 Å². The minimum Gasteiger partial charge on any atom is -0.486 e. The summed E-state index contributed by atoms with van der Waals surface area (Å²) in [7, 11) is 0. The summed E-state index contributed by atoms with van der Waals surface area (Å²) in [4.78, 5) is 28.5. The SMILES string of the molecule is [C-]#[N+]c1ccc(Oc2cccc(NC(=O)C(=O)CC3C=C(OC4C=CC(C#N)=CC4)C=CC3)c2)cc1. The first-order chi connectivity index (χ1) is 17.5. The fraction of sp³-hybridized carbons (Fsp3) is 0.172. The quantitative estimate of drug-likeness (QED) is 0.362. The Morgan fingerprint density at radius 1 is 1.11 bits per heavy atom. The predicted octanol–water partition coefficient (Wildman–Crippen LogP) is 6.18. The van der Waals surface area contributed by atoms with Crippen molar-refractivity contribution in [3.63, 3.8) is 0 Å². The van der Waals surface area contributed by atoms with E-state index < -0.39 is 11.7 Å². The maximum Gasteiger partial charge on any atom is 0.291 e. The molecule has 0 aliphatic heterocycles. The Bertz CT molecular complexity index is 1350. The van der Waals surface area contributed by atoms with Gasteiger partial charge in [-0.1, -0.05) is 30.4 Å². The summed E-state index contributed by atoms with van der Waals surface area (Å²) in [6, 6.07) is 15.6. The summed E-state index contributed by atoms with van der Waals surface area (Å²) in [5, 5.41) is 11.6. The summed E-state index contributed by atoms with van der Waals surface area (Å²) in [6.45, 7) is 7.01. The molecule has 0 saturated carbocycles. The van der Waals surface area contributed by atoms with E-state index in [4.69, 9.17) is 21.3 Å². The number of nitrogens with one attached hydrogen (secondary N) is 1. The molecule has 2 aliphatic rings. The molecule has 178 valence electrons. The molecule has 0 heterocycles. The second-order valence-electron chi connectivity index (χ2n) is 8.31. The molecule has 1 N–H and O–H groups in total. The van der Waals surface area contributed by atoms with Crippen molar-refractivity contribution in [2.24, 2.45) is 5.92 Å². The first-order valence-corrected chi connectivity index (χ1v) is 11.5. The molecule has 1 amide bonds. The van der Waals surface area contributed by atoms with E-state index in [1.165, 1.54) is 0 Å². The Morgan fingerprint density at radius 3 is 2.67 bits per heavy atom. The van der Waals surface area contributed by atoms with Gasteiger partial charge in [0.05, 0.1) is 12.6 Å². The molecule has 2 aromatic rings. The number of allylic oxidation sites excluding steroid dienone is 5. The minimum atomic E-state index is -0.691. The van der Waals surface area contributed by atoms with Crippen molar-refractivity contribution in [2.45, 2.75) is 25.4 Å². The van der Waals surface area contributed by atoms with Crippen molar-refractivity contribution in [1.82, 2.24) is 0 Å². The highest BCUT2D eigenvalue weighted by Crippen LogP contribution is 2.27. The minimum absolute atomic E-state index is 0.0611. The average Bonchev–Trinajstić information content (AvgIpc) is 2.90. The van der Waals surface area contributed by atoms with Crippen molar-refractivity contribution < 1.29 is 19.1 Å². The van der Waals surface area contributed by atoms with E-state index in [0.717, 1.165) is 0 Å². The molecule has 7 nitrogen and oxygen atoms in total. The number of nitrogens with zero attached hydrogens (tertiary/aromatic N) is 2. The number of amides is 1. The lowest BCUT2D eigenvalue weighted by molar-refractivity contribution is -0.135. The average molecular weight is 478 g/mol. The molecule has 2 atom stereocenters. The lowest BCUT2D eigenvalue weighted by Crippen LogP contribution is -2.25. The Hall–Kier alpha value is -4.88. The third-order valence-electron chi connectivity index (χ3n) is 5.59. The summed E-state index contributed by atoms with van der Waals surface area (Å²) >= 11 is 0. The highest BCUT2D eigenvalue weighted by Gasteiger charge is 2.21. The van der Waals surface area contributed by atoms with Gasteiger partial charge in [-0.05, 0) is 60.9 Å². The third kappa shape index (κ3) is 6.59. The van der Waals surface area contributed by atoms with Crippen LogP contribution in [0.1, 0.15) is 19.3 Å². The Labute approximate surface area is 209 Å². The normalized spacial score (nSPS) is 18.2. The van der Waals surface area contributed by atoms with Gasteiger partial charge in [-0.2, -0.15) is 5.26 Å².